The third-order valence-corrected chi connectivity index (χ3v) is 2.58. The first kappa shape index (κ1) is 8.36. The monoisotopic (exact) mass is 219 g/mol. The van der Waals surface area contributed by atoms with Crippen molar-refractivity contribution < 1.29 is 0 Å². The van der Waals surface area contributed by atoms with E-state index in [-0.39, 0.29) is 0 Å². The van der Waals surface area contributed by atoms with Gasteiger partial charge in [-0.25, -0.2) is 4.99 Å². The summed E-state index contributed by atoms with van der Waals surface area (Å²) in [6.45, 7) is 0. The highest BCUT2D eigenvalue weighted by Crippen LogP contribution is 2.43. The summed E-state index contributed by atoms with van der Waals surface area (Å²) in [6.07, 6.45) is 0. The fourth-order valence-corrected chi connectivity index (χ4v) is 2.05. The van der Waals surface area contributed by atoms with Gasteiger partial charge in [-0.2, -0.15) is 0 Å². The van der Waals surface area contributed by atoms with Crippen LogP contribution in [0.3, 0.4) is 0 Å². The lowest BCUT2D eigenvalue weighted by Gasteiger charge is -2.09. The lowest BCUT2D eigenvalue weighted by molar-refractivity contribution is 0.949. The standard InChI is InChI=1S/C8H4Cl3N/c9-7-5-3-1-2-4-6(5)8(10,11)12-7/h1-4H. The van der Waals surface area contributed by atoms with Gasteiger partial charge in [0.2, 0.25) is 4.46 Å². The summed E-state index contributed by atoms with van der Waals surface area (Å²) in [4.78, 5) is 3.90. The molecule has 0 bridgehead atoms. The minimum Gasteiger partial charge on any atom is -0.229 e. The third kappa shape index (κ3) is 1.13. The zero-order valence-electron chi connectivity index (χ0n) is 5.89. The van der Waals surface area contributed by atoms with Gasteiger partial charge < -0.3 is 0 Å². The molecule has 0 amide bonds. The number of hydrogen-bond donors (Lipinski definition) is 0. The van der Waals surface area contributed by atoms with Crippen LogP contribution in [0.5, 0.6) is 0 Å². The zero-order valence-corrected chi connectivity index (χ0v) is 8.16. The van der Waals surface area contributed by atoms with Crippen LogP contribution in [0.4, 0.5) is 0 Å². The summed E-state index contributed by atoms with van der Waals surface area (Å²) < 4.78 is -1.20. The van der Waals surface area contributed by atoms with E-state index in [0.717, 1.165) is 11.1 Å². The van der Waals surface area contributed by atoms with E-state index in [2.05, 4.69) is 4.99 Å². The molecule has 0 aliphatic carbocycles. The molecule has 0 spiro atoms. The predicted octanol–water partition coefficient (Wildman–Crippen LogP) is 3.27. The highest BCUT2D eigenvalue weighted by atomic mass is 35.5. The SMILES string of the molecule is ClC1=NC(Cl)(Cl)c2ccccc21. The molecule has 1 nitrogen and oxygen atoms in total. The molecule has 1 heterocycles. The molecule has 0 N–H and O–H groups in total. The van der Waals surface area contributed by atoms with E-state index in [4.69, 9.17) is 34.8 Å². The van der Waals surface area contributed by atoms with Gasteiger partial charge in [-0.05, 0) is 0 Å². The predicted molar refractivity (Wildman–Crippen MR) is 52.2 cm³/mol. The normalized spacial score (nSPS) is 18.8. The number of nitrogens with zero attached hydrogens (tertiary/aromatic N) is 1. The van der Waals surface area contributed by atoms with Gasteiger partial charge >= 0.3 is 0 Å². The molecule has 0 radical (unpaired) electrons. The average molecular weight is 220 g/mol. The first-order chi connectivity index (χ1) is 5.61. The number of fused-ring (bicyclic) bond motifs is 1. The van der Waals surface area contributed by atoms with E-state index in [1.807, 2.05) is 24.3 Å². The first-order valence-corrected chi connectivity index (χ1v) is 4.48. The van der Waals surface area contributed by atoms with Crippen molar-refractivity contribution in [2.24, 2.45) is 4.99 Å². The van der Waals surface area contributed by atoms with Crippen LogP contribution in [0.2, 0.25) is 0 Å². The lowest BCUT2D eigenvalue weighted by Crippen LogP contribution is -2.01. The maximum Gasteiger partial charge on any atom is 0.235 e. The molecule has 0 unspecified atom stereocenters. The molecule has 0 aromatic heterocycles. The second kappa shape index (κ2) is 2.63. The van der Waals surface area contributed by atoms with Crippen LogP contribution < -0.4 is 0 Å². The molecular weight excluding hydrogens is 216 g/mol. The van der Waals surface area contributed by atoms with Gasteiger partial charge in [-0.1, -0.05) is 59.1 Å². The number of rotatable bonds is 0. The Labute approximate surface area is 85.0 Å². The van der Waals surface area contributed by atoms with Crippen LogP contribution in [0.1, 0.15) is 11.1 Å². The van der Waals surface area contributed by atoms with E-state index in [1.54, 1.807) is 0 Å². The van der Waals surface area contributed by atoms with Crippen molar-refractivity contribution in [1.29, 1.82) is 0 Å². The Hall–Kier alpha value is -0.240. The third-order valence-electron chi connectivity index (χ3n) is 1.71. The molecule has 4 heteroatoms. The molecule has 62 valence electrons. The molecule has 0 saturated heterocycles. The topological polar surface area (TPSA) is 12.4 Å². The molecule has 1 aromatic carbocycles. The van der Waals surface area contributed by atoms with Crippen molar-refractivity contribution in [2.75, 3.05) is 0 Å². The van der Waals surface area contributed by atoms with Crippen molar-refractivity contribution in [3.8, 4) is 0 Å². The quantitative estimate of drug-likeness (QED) is 0.470. The number of benzene rings is 1. The average Bonchev–Trinajstić information content (AvgIpc) is 2.25. The van der Waals surface area contributed by atoms with Gasteiger partial charge in [-0.3, -0.25) is 0 Å². The Morgan fingerprint density at radius 1 is 1.17 bits per heavy atom. The van der Waals surface area contributed by atoms with Crippen LogP contribution in [0.25, 0.3) is 0 Å². The summed E-state index contributed by atoms with van der Waals surface area (Å²) >= 11 is 17.6. The summed E-state index contributed by atoms with van der Waals surface area (Å²) in [5, 5.41) is 0.371. The van der Waals surface area contributed by atoms with Crippen LogP contribution >= 0.6 is 34.8 Å². The Balaban J connectivity index is 2.68. The van der Waals surface area contributed by atoms with Crippen LogP contribution in [0.15, 0.2) is 29.3 Å². The van der Waals surface area contributed by atoms with Gasteiger partial charge in [0.05, 0.1) is 0 Å². The minimum absolute atomic E-state index is 0.371. The summed E-state index contributed by atoms with van der Waals surface area (Å²) in [5.74, 6) is 0. The Kier molecular flexibility index (Phi) is 1.83. The molecule has 0 fully saturated rings. The maximum absolute atomic E-state index is 5.89. The molecule has 12 heavy (non-hydrogen) atoms. The number of aliphatic imine (C=N–C) groups is 1. The number of alkyl halides is 2. The van der Waals surface area contributed by atoms with E-state index >= 15 is 0 Å². The maximum atomic E-state index is 5.89. The largest absolute Gasteiger partial charge is 0.235 e. The highest BCUT2D eigenvalue weighted by molar-refractivity contribution is 6.71. The molecular formula is C8H4Cl3N. The van der Waals surface area contributed by atoms with Crippen molar-refractivity contribution >= 4 is 40.0 Å². The summed E-state index contributed by atoms with van der Waals surface area (Å²) in [6, 6.07) is 7.37. The van der Waals surface area contributed by atoms with Gasteiger partial charge in [-0.15, -0.1) is 0 Å². The number of hydrogen-bond acceptors (Lipinski definition) is 1. The second-order valence-corrected chi connectivity index (χ2v) is 4.13. The van der Waals surface area contributed by atoms with Crippen molar-refractivity contribution in [1.82, 2.24) is 0 Å². The van der Waals surface area contributed by atoms with Crippen molar-refractivity contribution in [2.45, 2.75) is 4.46 Å². The van der Waals surface area contributed by atoms with Crippen molar-refractivity contribution in [3.05, 3.63) is 35.4 Å². The first-order valence-electron chi connectivity index (χ1n) is 3.34. The van der Waals surface area contributed by atoms with Gasteiger partial charge in [0.15, 0.2) is 0 Å². The van der Waals surface area contributed by atoms with Crippen LogP contribution in [0, 0.1) is 0 Å². The Bertz CT molecular complexity index is 357. The zero-order chi connectivity index (χ0) is 8.77. The smallest absolute Gasteiger partial charge is 0.229 e. The molecule has 1 aliphatic heterocycles. The summed E-state index contributed by atoms with van der Waals surface area (Å²) in [7, 11) is 0. The molecule has 1 aromatic rings. The molecule has 1 aliphatic rings. The molecule has 0 atom stereocenters. The van der Waals surface area contributed by atoms with E-state index < -0.39 is 4.46 Å². The van der Waals surface area contributed by atoms with Crippen LogP contribution in [-0.2, 0) is 4.46 Å². The molecule has 2 rings (SSSR count). The number of halogens is 3. The minimum atomic E-state index is -1.20. The van der Waals surface area contributed by atoms with Gasteiger partial charge in [0.1, 0.15) is 5.17 Å². The molecule has 0 saturated carbocycles. The van der Waals surface area contributed by atoms with Gasteiger partial charge in [0, 0.05) is 11.1 Å². The van der Waals surface area contributed by atoms with Crippen molar-refractivity contribution in [3.63, 3.8) is 0 Å². The van der Waals surface area contributed by atoms with Gasteiger partial charge in [0.25, 0.3) is 0 Å². The Morgan fingerprint density at radius 2 is 1.83 bits per heavy atom. The van der Waals surface area contributed by atoms with E-state index in [1.165, 1.54) is 0 Å². The Morgan fingerprint density at radius 3 is 2.50 bits per heavy atom. The lowest BCUT2D eigenvalue weighted by atomic mass is 10.1. The van der Waals surface area contributed by atoms with Crippen LogP contribution in [-0.4, -0.2) is 5.17 Å². The fourth-order valence-electron chi connectivity index (χ4n) is 1.17. The fraction of sp³-hybridized carbons (Fsp3) is 0.125. The summed E-state index contributed by atoms with van der Waals surface area (Å²) in [5.41, 5.74) is 1.56. The van der Waals surface area contributed by atoms with E-state index in [9.17, 15) is 0 Å². The highest BCUT2D eigenvalue weighted by Gasteiger charge is 2.35. The van der Waals surface area contributed by atoms with E-state index in [0.29, 0.717) is 5.17 Å². The second-order valence-electron chi connectivity index (χ2n) is 2.49.